The summed E-state index contributed by atoms with van der Waals surface area (Å²) >= 11 is 0. The average Bonchev–Trinajstić information content (AvgIpc) is 2.82. The molecule has 2 aromatic carbocycles. The lowest BCUT2D eigenvalue weighted by molar-refractivity contribution is 0.123. The van der Waals surface area contributed by atoms with Crippen molar-refractivity contribution in [1.82, 2.24) is 14.9 Å². The molecule has 3 aromatic rings. The maximum absolute atomic E-state index is 5.60. The highest BCUT2D eigenvalue weighted by Gasteiger charge is 2.20. The summed E-state index contributed by atoms with van der Waals surface area (Å²) in [6.45, 7) is 8.92. The molecular formula is C27H36N4O2. The van der Waals surface area contributed by atoms with E-state index in [0.717, 1.165) is 68.5 Å². The van der Waals surface area contributed by atoms with E-state index in [2.05, 4.69) is 67.0 Å². The van der Waals surface area contributed by atoms with Gasteiger partial charge in [0.25, 0.3) is 0 Å². The summed E-state index contributed by atoms with van der Waals surface area (Å²) in [7, 11) is 5.96. The van der Waals surface area contributed by atoms with Gasteiger partial charge >= 0.3 is 0 Å². The maximum Gasteiger partial charge on any atom is 0.128 e. The molecule has 1 aliphatic heterocycles. The molecule has 1 aromatic heterocycles. The van der Waals surface area contributed by atoms with Gasteiger partial charge in [-0.15, -0.1) is 0 Å². The monoisotopic (exact) mass is 448 g/mol. The van der Waals surface area contributed by atoms with Crippen LogP contribution in [0.4, 0.5) is 5.69 Å². The highest BCUT2D eigenvalue weighted by Crippen LogP contribution is 2.35. The minimum Gasteiger partial charge on any atom is -0.497 e. The third-order valence-corrected chi connectivity index (χ3v) is 6.26. The van der Waals surface area contributed by atoms with Crippen LogP contribution in [0.1, 0.15) is 26.1 Å². The number of hydrogen-bond acceptors (Lipinski definition) is 6. The number of methoxy groups -OCH3 is 1. The molecule has 0 bridgehead atoms. The Morgan fingerprint density at radius 2 is 1.88 bits per heavy atom. The summed E-state index contributed by atoms with van der Waals surface area (Å²) in [5.74, 6) is 1.77. The van der Waals surface area contributed by atoms with Crippen LogP contribution in [-0.4, -0.2) is 68.9 Å². The van der Waals surface area contributed by atoms with E-state index in [4.69, 9.17) is 14.5 Å². The van der Waals surface area contributed by atoms with E-state index < -0.39 is 0 Å². The van der Waals surface area contributed by atoms with Crippen LogP contribution in [0.15, 0.2) is 42.6 Å². The molecule has 2 heterocycles. The first kappa shape index (κ1) is 23.5. The van der Waals surface area contributed by atoms with Crippen molar-refractivity contribution >= 4 is 16.5 Å². The van der Waals surface area contributed by atoms with Crippen molar-refractivity contribution < 1.29 is 9.47 Å². The molecule has 6 nitrogen and oxygen atoms in total. The van der Waals surface area contributed by atoms with Gasteiger partial charge in [-0.1, -0.05) is 19.9 Å². The Balaban J connectivity index is 1.67. The number of fused-ring (bicyclic) bond motifs is 1. The molecule has 176 valence electrons. The highest BCUT2D eigenvalue weighted by molar-refractivity contribution is 5.98. The number of aromatic nitrogens is 2. The lowest BCUT2D eigenvalue weighted by atomic mass is 9.87. The molecule has 33 heavy (non-hydrogen) atoms. The number of anilines is 1. The van der Waals surface area contributed by atoms with Gasteiger partial charge < -0.3 is 19.3 Å². The Morgan fingerprint density at radius 1 is 1.09 bits per heavy atom. The van der Waals surface area contributed by atoms with Crippen molar-refractivity contribution in [3.63, 3.8) is 0 Å². The van der Waals surface area contributed by atoms with E-state index >= 15 is 0 Å². The average molecular weight is 449 g/mol. The molecule has 4 rings (SSSR count). The van der Waals surface area contributed by atoms with Crippen molar-refractivity contribution in [3.05, 3.63) is 48.4 Å². The predicted octanol–water partition coefficient (Wildman–Crippen LogP) is 4.66. The molecule has 0 amide bonds. The quantitative estimate of drug-likeness (QED) is 0.499. The van der Waals surface area contributed by atoms with Crippen LogP contribution in [0.2, 0.25) is 0 Å². The van der Waals surface area contributed by atoms with E-state index in [-0.39, 0.29) is 5.41 Å². The third kappa shape index (κ3) is 5.81. The van der Waals surface area contributed by atoms with Crippen molar-refractivity contribution in [2.75, 3.05) is 59.0 Å². The number of ether oxygens (including phenoxy) is 2. The van der Waals surface area contributed by atoms with E-state index in [1.165, 1.54) is 16.5 Å². The SMILES string of the molecule is COc1ccc2cc(-c3ccnc(CCC(C)(C)CN(C)C)n3)cc(N3CCOCC3)c2c1. The first-order valence-electron chi connectivity index (χ1n) is 11.8. The summed E-state index contributed by atoms with van der Waals surface area (Å²) in [4.78, 5) is 14.2. The molecule has 0 N–H and O–H groups in total. The molecule has 0 radical (unpaired) electrons. The summed E-state index contributed by atoms with van der Waals surface area (Å²) in [5.41, 5.74) is 3.51. The second-order valence-corrected chi connectivity index (χ2v) is 9.94. The summed E-state index contributed by atoms with van der Waals surface area (Å²) in [6.07, 6.45) is 3.81. The van der Waals surface area contributed by atoms with E-state index in [9.17, 15) is 0 Å². The molecule has 1 fully saturated rings. The summed E-state index contributed by atoms with van der Waals surface area (Å²) in [6, 6.07) is 12.8. The largest absolute Gasteiger partial charge is 0.497 e. The van der Waals surface area contributed by atoms with Crippen LogP contribution >= 0.6 is 0 Å². The van der Waals surface area contributed by atoms with E-state index in [0.29, 0.717) is 0 Å². The fourth-order valence-corrected chi connectivity index (χ4v) is 4.72. The van der Waals surface area contributed by atoms with Crippen molar-refractivity contribution in [3.8, 4) is 17.0 Å². The number of morpholine rings is 1. The van der Waals surface area contributed by atoms with Gasteiger partial charge in [-0.25, -0.2) is 9.97 Å². The van der Waals surface area contributed by atoms with Crippen molar-refractivity contribution in [2.24, 2.45) is 5.41 Å². The van der Waals surface area contributed by atoms with Gasteiger partial charge in [-0.05, 0) is 61.6 Å². The van der Waals surface area contributed by atoms with E-state index in [1.807, 2.05) is 18.3 Å². The van der Waals surface area contributed by atoms with Crippen LogP contribution in [0.3, 0.4) is 0 Å². The summed E-state index contributed by atoms with van der Waals surface area (Å²) in [5, 5.41) is 2.38. The Labute approximate surface area is 197 Å². The molecular weight excluding hydrogens is 412 g/mol. The standard InChI is InChI=1S/C27H36N4O2/c1-27(2,19-30(3)4)10-8-26-28-11-9-24(29-26)21-16-20-6-7-22(32-5)18-23(20)25(17-21)31-12-14-33-15-13-31/h6-7,9,11,16-18H,8,10,12-15,19H2,1-5H3. The van der Waals surface area contributed by atoms with Crippen LogP contribution < -0.4 is 9.64 Å². The predicted molar refractivity (Wildman–Crippen MR) is 135 cm³/mol. The van der Waals surface area contributed by atoms with Gasteiger partial charge in [0.1, 0.15) is 11.6 Å². The molecule has 0 aliphatic carbocycles. The minimum atomic E-state index is 0.217. The minimum absolute atomic E-state index is 0.217. The lowest BCUT2D eigenvalue weighted by Gasteiger charge is -2.30. The Hall–Kier alpha value is -2.70. The van der Waals surface area contributed by atoms with Gasteiger partial charge in [-0.2, -0.15) is 0 Å². The fourth-order valence-electron chi connectivity index (χ4n) is 4.72. The van der Waals surface area contributed by atoms with Gasteiger partial charge in [0.05, 0.1) is 26.0 Å². The zero-order valence-electron chi connectivity index (χ0n) is 20.6. The molecule has 1 aliphatic rings. The second kappa shape index (κ2) is 10.1. The van der Waals surface area contributed by atoms with Crippen LogP contribution in [-0.2, 0) is 11.2 Å². The van der Waals surface area contributed by atoms with Gasteiger partial charge in [0.15, 0.2) is 0 Å². The molecule has 0 unspecified atom stereocenters. The van der Waals surface area contributed by atoms with Crippen molar-refractivity contribution in [1.29, 1.82) is 0 Å². The number of benzene rings is 2. The molecule has 1 saturated heterocycles. The zero-order chi connectivity index (χ0) is 23.4. The normalized spacial score (nSPS) is 14.8. The number of aryl methyl sites for hydroxylation is 1. The molecule has 6 heteroatoms. The van der Waals surface area contributed by atoms with Gasteiger partial charge in [-0.3, -0.25) is 0 Å². The molecule has 0 atom stereocenters. The lowest BCUT2D eigenvalue weighted by Crippen LogP contribution is -2.36. The fraction of sp³-hybridized carbons (Fsp3) is 0.481. The second-order valence-electron chi connectivity index (χ2n) is 9.94. The van der Waals surface area contributed by atoms with Crippen LogP contribution in [0, 0.1) is 5.41 Å². The van der Waals surface area contributed by atoms with Gasteiger partial charge in [0, 0.05) is 48.9 Å². The molecule has 0 spiro atoms. The maximum atomic E-state index is 5.60. The smallest absolute Gasteiger partial charge is 0.128 e. The third-order valence-electron chi connectivity index (χ3n) is 6.26. The molecule has 0 saturated carbocycles. The van der Waals surface area contributed by atoms with E-state index in [1.54, 1.807) is 7.11 Å². The first-order valence-corrected chi connectivity index (χ1v) is 11.8. The first-order chi connectivity index (χ1) is 15.8. The highest BCUT2D eigenvalue weighted by atomic mass is 16.5. The zero-order valence-corrected chi connectivity index (χ0v) is 20.6. The number of hydrogen-bond donors (Lipinski definition) is 0. The van der Waals surface area contributed by atoms with Crippen LogP contribution in [0.25, 0.3) is 22.0 Å². The topological polar surface area (TPSA) is 50.7 Å². The summed E-state index contributed by atoms with van der Waals surface area (Å²) < 4.78 is 11.1. The number of rotatable bonds is 8. The number of nitrogens with zero attached hydrogens (tertiary/aromatic N) is 4. The Kier molecular flexibility index (Phi) is 7.15. The van der Waals surface area contributed by atoms with Gasteiger partial charge in [0.2, 0.25) is 0 Å². The Morgan fingerprint density at radius 3 is 2.61 bits per heavy atom. The van der Waals surface area contributed by atoms with Crippen molar-refractivity contribution in [2.45, 2.75) is 26.7 Å². The Bertz CT molecular complexity index is 1090. The van der Waals surface area contributed by atoms with Crippen LogP contribution in [0.5, 0.6) is 5.75 Å².